The molecule has 1 aliphatic heterocycles. The Morgan fingerprint density at radius 2 is 2.18 bits per heavy atom. The third-order valence-electron chi connectivity index (χ3n) is 2.61. The quantitative estimate of drug-likeness (QED) is 0.748. The summed E-state index contributed by atoms with van der Waals surface area (Å²) in [7, 11) is 0. The zero-order valence-electron chi connectivity index (χ0n) is 9.09. The maximum atomic E-state index is 5.68. The summed E-state index contributed by atoms with van der Waals surface area (Å²) in [5.41, 5.74) is 6.30. The van der Waals surface area contributed by atoms with E-state index in [-0.39, 0.29) is 0 Å². The normalized spacial score (nSPS) is 16.4. The van der Waals surface area contributed by atoms with Crippen LogP contribution in [0.25, 0.3) is 11.5 Å². The Labute approximate surface area is 96.7 Å². The number of ether oxygens (including phenoxy) is 1. The molecule has 3 heterocycles. The Morgan fingerprint density at radius 1 is 1.35 bits per heavy atom. The molecule has 1 aliphatic rings. The number of nitrogen functional groups attached to an aromatic ring is 1. The number of anilines is 2. The fourth-order valence-electron chi connectivity index (χ4n) is 1.68. The summed E-state index contributed by atoms with van der Waals surface area (Å²) in [5.74, 6) is 1.35. The third kappa shape index (κ3) is 1.82. The highest BCUT2D eigenvalue weighted by molar-refractivity contribution is 5.66. The minimum Gasteiger partial charge on any atom is -0.383 e. The highest BCUT2D eigenvalue weighted by atomic mass is 16.5. The Balaban J connectivity index is 1.85. The number of H-pyrrole nitrogens is 1. The molecular formula is C9H12N6O2. The molecule has 90 valence electrons. The maximum Gasteiger partial charge on any atom is 0.266 e. The van der Waals surface area contributed by atoms with Crippen LogP contribution in [0.4, 0.5) is 11.8 Å². The van der Waals surface area contributed by atoms with Gasteiger partial charge < -0.3 is 19.9 Å². The molecule has 17 heavy (non-hydrogen) atoms. The fraction of sp³-hybridized carbons (Fsp3) is 0.444. The summed E-state index contributed by atoms with van der Waals surface area (Å²) >= 11 is 0. The lowest BCUT2D eigenvalue weighted by Gasteiger charge is -2.24. The molecule has 0 aliphatic carbocycles. The van der Waals surface area contributed by atoms with Gasteiger partial charge in [-0.3, -0.25) is 5.10 Å². The third-order valence-corrected chi connectivity index (χ3v) is 2.61. The predicted octanol–water partition coefficient (Wildman–Crippen LogP) is -0.122. The first-order valence-electron chi connectivity index (χ1n) is 5.30. The molecule has 0 atom stereocenters. The summed E-state index contributed by atoms with van der Waals surface area (Å²) in [6.07, 6.45) is 1.56. The molecule has 1 saturated heterocycles. The van der Waals surface area contributed by atoms with E-state index in [0.29, 0.717) is 36.4 Å². The van der Waals surface area contributed by atoms with Crippen molar-refractivity contribution in [3.63, 3.8) is 0 Å². The van der Waals surface area contributed by atoms with Crippen LogP contribution in [0.5, 0.6) is 0 Å². The second-order valence-corrected chi connectivity index (χ2v) is 3.70. The lowest BCUT2D eigenvalue weighted by molar-refractivity contribution is 0.121. The van der Waals surface area contributed by atoms with Gasteiger partial charge >= 0.3 is 0 Å². The first-order chi connectivity index (χ1) is 8.34. The molecule has 3 rings (SSSR count). The summed E-state index contributed by atoms with van der Waals surface area (Å²) in [6.45, 7) is 2.88. The molecule has 2 aromatic heterocycles. The largest absolute Gasteiger partial charge is 0.383 e. The molecule has 0 unspecified atom stereocenters. The number of nitrogens with one attached hydrogen (secondary N) is 1. The van der Waals surface area contributed by atoms with E-state index in [9.17, 15) is 0 Å². The van der Waals surface area contributed by atoms with E-state index in [1.165, 1.54) is 0 Å². The average Bonchev–Trinajstić information content (AvgIpc) is 2.98. The molecule has 1 fully saturated rings. The second-order valence-electron chi connectivity index (χ2n) is 3.70. The van der Waals surface area contributed by atoms with Crippen LogP contribution in [0.1, 0.15) is 0 Å². The fourth-order valence-corrected chi connectivity index (χ4v) is 1.68. The molecular weight excluding hydrogens is 224 g/mol. The van der Waals surface area contributed by atoms with Crippen molar-refractivity contribution in [3.8, 4) is 11.5 Å². The van der Waals surface area contributed by atoms with Gasteiger partial charge in [0.05, 0.1) is 19.4 Å². The van der Waals surface area contributed by atoms with Crippen LogP contribution in [-0.4, -0.2) is 46.6 Å². The van der Waals surface area contributed by atoms with E-state index < -0.39 is 0 Å². The van der Waals surface area contributed by atoms with E-state index in [2.05, 4.69) is 20.3 Å². The van der Waals surface area contributed by atoms with Crippen LogP contribution in [0, 0.1) is 0 Å². The van der Waals surface area contributed by atoms with Crippen molar-refractivity contribution in [1.29, 1.82) is 0 Å². The van der Waals surface area contributed by atoms with E-state index in [4.69, 9.17) is 15.0 Å². The second kappa shape index (κ2) is 4.06. The van der Waals surface area contributed by atoms with Crippen LogP contribution in [0.3, 0.4) is 0 Å². The van der Waals surface area contributed by atoms with Gasteiger partial charge in [0.1, 0.15) is 11.4 Å². The van der Waals surface area contributed by atoms with Gasteiger partial charge in [0.2, 0.25) is 0 Å². The van der Waals surface area contributed by atoms with Crippen molar-refractivity contribution in [2.24, 2.45) is 0 Å². The summed E-state index contributed by atoms with van der Waals surface area (Å²) < 4.78 is 10.4. The minimum absolute atomic E-state index is 0.373. The highest BCUT2D eigenvalue weighted by Crippen LogP contribution is 2.23. The van der Waals surface area contributed by atoms with Crippen molar-refractivity contribution < 1.29 is 9.26 Å². The molecule has 0 aromatic carbocycles. The lowest BCUT2D eigenvalue weighted by Crippen LogP contribution is -2.36. The van der Waals surface area contributed by atoms with Gasteiger partial charge in [0, 0.05) is 13.1 Å². The number of hydrogen-bond donors (Lipinski definition) is 2. The molecule has 2 aromatic rings. The van der Waals surface area contributed by atoms with Gasteiger partial charge in [-0.05, 0) is 5.16 Å². The van der Waals surface area contributed by atoms with Gasteiger partial charge in [-0.25, -0.2) is 0 Å². The first-order valence-corrected chi connectivity index (χ1v) is 5.30. The Bertz CT molecular complexity index is 501. The molecule has 0 saturated carbocycles. The number of rotatable bonds is 2. The van der Waals surface area contributed by atoms with Crippen LogP contribution < -0.4 is 10.6 Å². The smallest absolute Gasteiger partial charge is 0.266 e. The highest BCUT2D eigenvalue weighted by Gasteiger charge is 2.19. The van der Waals surface area contributed by atoms with Crippen LogP contribution >= 0.6 is 0 Å². The van der Waals surface area contributed by atoms with E-state index in [0.717, 1.165) is 13.1 Å². The van der Waals surface area contributed by atoms with E-state index in [1.54, 1.807) is 6.20 Å². The molecule has 8 heteroatoms. The van der Waals surface area contributed by atoms with Gasteiger partial charge in [-0.1, -0.05) is 0 Å². The minimum atomic E-state index is 0.373. The van der Waals surface area contributed by atoms with Crippen LogP contribution in [0.2, 0.25) is 0 Å². The number of aromatic nitrogens is 4. The van der Waals surface area contributed by atoms with Crippen LogP contribution in [0.15, 0.2) is 10.7 Å². The van der Waals surface area contributed by atoms with E-state index >= 15 is 0 Å². The summed E-state index contributed by atoms with van der Waals surface area (Å²) in [4.78, 5) is 6.30. The van der Waals surface area contributed by atoms with Crippen molar-refractivity contribution in [2.45, 2.75) is 0 Å². The number of aromatic amines is 1. The van der Waals surface area contributed by atoms with Crippen LogP contribution in [-0.2, 0) is 4.74 Å². The molecule has 0 bridgehead atoms. The van der Waals surface area contributed by atoms with Gasteiger partial charge in [0.15, 0.2) is 0 Å². The summed E-state index contributed by atoms with van der Waals surface area (Å²) in [5, 5.41) is 10.4. The molecule has 0 spiro atoms. The maximum absolute atomic E-state index is 5.68. The zero-order valence-corrected chi connectivity index (χ0v) is 9.09. The first kappa shape index (κ1) is 10.1. The molecule has 8 nitrogen and oxygen atoms in total. The van der Waals surface area contributed by atoms with Crippen molar-refractivity contribution in [2.75, 3.05) is 36.9 Å². The van der Waals surface area contributed by atoms with Crippen molar-refractivity contribution in [3.05, 3.63) is 6.20 Å². The van der Waals surface area contributed by atoms with Crippen molar-refractivity contribution in [1.82, 2.24) is 20.3 Å². The van der Waals surface area contributed by atoms with Gasteiger partial charge in [-0.2, -0.15) is 10.1 Å². The lowest BCUT2D eigenvalue weighted by atomic mass is 10.3. The Morgan fingerprint density at radius 3 is 2.88 bits per heavy atom. The standard InChI is InChI=1S/C9H12N6O2/c10-7-6(5-11-13-7)8-12-9(14-17-8)15-1-3-16-4-2-15/h5H,1-4H2,(H3,10,11,13). The number of hydrogen-bond acceptors (Lipinski definition) is 7. The SMILES string of the molecule is Nc1[nH]ncc1-c1nc(N2CCOCC2)no1. The summed E-state index contributed by atoms with van der Waals surface area (Å²) in [6, 6.07) is 0. The van der Waals surface area contributed by atoms with Gasteiger partial charge in [0.25, 0.3) is 11.8 Å². The zero-order chi connectivity index (χ0) is 11.7. The topological polar surface area (TPSA) is 106 Å². The van der Waals surface area contributed by atoms with Crippen molar-refractivity contribution >= 4 is 11.8 Å². The number of nitrogens with two attached hydrogens (primary N) is 1. The van der Waals surface area contributed by atoms with Gasteiger partial charge in [-0.15, -0.1) is 0 Å². The van der Waals surface area contributed by atoms with E-state index in [1.807, 2.05) is 4.90 Å². The molecule has 0 radical (unpaired) electrons. The number of nitrogens with zero attached hydrogens (tertiary/aromatic N) is 4. The predicted molar refractivity (Wildman–Crippen MR) is 59.3 cm³/mol. The number of morpholine rings is 1. The Hall–Kier alpha value is -2.09. The Kier molecular flexibility index (Phi) is 2.41. The average molecular weight is 236 g/mol. The monoisotopic (exact) mass is 236 g/mol. The molecule has 3 N–H and O–H groups in total. The molecule has 0 amide bonds.